The average Bonchev–Trinajstić information content (AvgIpc) is 2.30. The number of nitrogens with zero attached hydrogens (tertiary/aromatic N) is 2. The Morgan fingerprint density at radius 1 is 1.19 bits per heavy atom. The number of rotatable bonds is 2. The van der Waals surface area contributed by atoms with Gasteiger partial charge in [0, 0.05) is 17.8 Å². The fraction of sp³-hybridized carbons (Fsp3) is 0. The monoisotopic (exact) mass is 216 g/mol. The van der Waals surface area contributed by atoms with Gasteiger partial charge < -0.3 is 5.11 Å². The highest BCUT2D eigenvalue weighted by Gasteiger charge is 2.17. The fourth-order valence-electron chi connectivity index (χ4n) is 1.41. The van der Waals surface area contributed by atoms with Crippen molar-refractivity contribution in [2.75, 3.05) is 0 Å². The Hall–Kier alpha value is -2.43. The lowest BCUT2D eigenvalue weighted by atomic mass is 10.1. The minimum absolute atomic E-state index is 0.317. The van der Waals surface area contributed by atoms with Gasteiger partial charge in [0.15, 0.2) is 0 Å². The van der Waals surface area contributed by atoms with E-state index < -0.39 is 4.92 Å². The maximum Gasteiger partial charge on any atom is 0.311 e. The van der Waals surface area contributed by atoms with Crippen molar-refractivity contribution in [3.63, 3.8) is 0 Å². The van der Waals surface area contributed by atoms with Crippen LogP contribution in [0.3, 0.4) is 0 Å². The second kappa shape index (κ2) is 3.98. The van der Waals surface area contributed by atoms with Gasteiger partial charge in [0.2, 0.25) is 5.75 Å². The van der Waals surface area contributed by atoms with Crippen LogP contribution < -0.4 is 0 Å². The molecule has 0 aliphatic carbocycles. The van der Waals surface area contributed by atoms with E-state index in [4.69, 9.17) is 0 Å². The average molecular weight is 216 g/mol. The molecule has 0 bridgehead atoms. The zero-order valence-corrected chi connectivity index (χ0v) is 8.20. The maximum absolute atomic E-state index is 10.6. The van der Waals surface area contributed by atoms with E-state index in [1.165, 1.54) is 12.1 Å². The van der Waals surface area contributed by atoms with Crippen molar-refractivity contribution < 1.29 is 10.0 Å². The van der Waals surface area contributed by atoms with Gasteiger partial charge in [-0.05, 0) is 18.2 Å². The second-order valence-electron chi connectivity index (χ2n) is 3.15. The van der Waals surface area contributed by atoms with E-state index in [0.717, 1.165) is 0 Å². The molecule has 5 nitrogen and oxygen atoms in total. The van der Waals surface area contributed by atoms with Crippen molar-refractivity contribution in [3.8, 4) is 17.0 Å². The molecule has 5 heteroatoms. The molecule has 0 aliphatic rings. The maximum atomic E-state index is 10.6. The number of aromatic hydroxyl groups is 1. The van der Waals surface area contributed by atoms with Gasteiger partial charge in [0.1, 0.15) is 0 Å². The summed E-state index contributed by atoms with van der Waals surface area (Å²) >= 11 is 0. The molecule has 0 amide bonds. The minimum atomic E-state index is -0.623. The first-order chi connectivity index (χ1) is 7.70. The first-order valence-electron chi connectivity index (χ1n) is 4.58. The Labute approximate surface area is 91.2 Å². The molecule has 1 heterocycles. The molecule has 0 fully saturated rings. The van der Waals surface area contributed by atoms with Gasteiger partial charge in [-0.25, -0.2) is 0 Å². The summed E-state index contributed by atoms with van der Waals surface area (Å²) in [6.07, 6.45) is 1.56. The van der Waals surface area contributed by atoms with E-state index >= 15 is 0 Å². The summed E-state index contributed by atoms with van der Waals surface area (Å²) in [7, 11) is 0. The standard InChI is InChI=1S/C11H8N2O3/c14-11-8(9-5-1-2-7-12-9)4-3-6-10(11)13(15)16/h1-7,14H. The molecule has 80 valence electrons. The topological polar surface area (TPSA) is 76.3 Å². The van der Waals surface area contributed by atoms with E-state index in [2.05, 4.69) is 4.98 Å². The van der Waals surface area contributed by atoms with Crippen molar-refractivity contribution in [1.82, 2.24) is 4.98 Å². The van der Waals surface area contributed by atoms with Crippen LogP contribution in [-0.2, 0) is 0 Å². The van der Waals surface area contributed by atoms with Crippen LogP contribution in [0.15, 0.2) is 42.6 Å². The van der Waals surface area contributed by atoms with E-state index in [1.54, 1.807) is 30.5 Å². The Bertz CT molecular complexity index is 526. The van der Waals surface area contributed by atoms with Gasteiger partial charge in [0.25, 0.3) is 0 Å². The van der Waals surface area contributed by atoms with Gasteiger partial charge in [-0.1, -0.05) is 12.1 Å². The largest absolute Gasteiger partial charge is 0.502 e. The summed E-state index contributed by atoms with van der Waals surface area (Å²) in [6, 6.07) is 9.52. The van der Waals surface area contributed by atoms with Crippen LogP contribution in [0.1, 0.15) is 0 Å². The summed E-state index contributed by atoms with van der Waals surface area (Å²) in [5.74, 6) is -0.355. The molecule has 0 unspecified atom stereocenters. The zero-order valence-electron chi connectivity index (χ0n) is 8.20. The predicted molar refractivity (Wildman–Crippen MR) is 58.0 cm³/mol. The van der Waals surface area contributed by atoms with Crippen LogP contribution in [0, 0.1) is 10.1 Å². The van der Waals surface area contributed by atoms with Crippen LogP contribution >= 0.6 is 0 Å². The molecule has 0 saturated heterocycles. The number of benzene rings is 1. The number of para-hydroxylation sites is 1. The first kappa shape index (κ1) is 10.1. The Balaban J connectivity index is 2.59. The summed E-state index contributed by atoms with van der Waals surface area (Å²) in [5.41, 5.74) is 0.543. The van der Waals surface area contributed by atoms with Crippen molar-refractivity contribution in [2.45, 2.75) is 0 Å². The highest BCUT2D eigenvalue weighted by atomic mass is 16.6. The quantitative estimate of drug-likeness (QED) is 0.617. The third-order valence-corrected chi connectivity index (χ3v) is 2.15. The molecule has 0 aliphatic heterocycles. The van der Waals surface area contributed by atoms with Gasteiger partial charge in [-0.15, -0.1) is 0 Å². The Morgan fingerprint density at radius 2 is 2.00 bits per heavy atom. The second-order valence-corrected chi connectivity index (χ2v) is 3.15. The summed E-state index contributed by atoms with van der Waals surface area (Å²) in [6.45, 7) is 0. The van der Waals surface area contributed by atoms with Crippen LogP contribution in [0.25, 0.3) is 11.3 Å². The normalized spacial score (nSPS) is 10.0. The van der Waals surface area contributed by atoms with Crippen LogP contribution in [-0.4, -0.2) is 15.0 Å². The minimum Gasteiger partial charge on any atom is -0.502 e. The highest BCUT2D eigenvalue weighted by Crippen LogP contribution is 2.35. The molecule has 16 heavy (non-hydrogen) atoms. The molecular weight excluding hydrogens is 208 g/mol. The van der Waals surface area contributed by atoms with Crippen molar-refractivity contribution in [3.05, 3.63) is 52.7 Å². The molecule has 1 aromatic carbocycles. The van der Waals surface area contributed by atoms with E-state index in [9.17, 15) is 15.2 Å². The van der Waals surface area contributed by atoms with E-state index in [0.29, 0.717) is 11.3 Å². The molecule has 0 spiro atoms. The zero-order chi connectivity index (χ0) is 11.5. The summed E-state index contributed by atoms with van der Waals surface area (Å²) in [4.78, 5) is 14.0. The predicted octanol–water partition coefficient (Wildman–Crippen LogP) is 2.36. The van der Waals surface area contributed by atoms with Crippen molar-refractivity contribution in [1.29, 1.82) is 0 Å². The van der Waals surface area contributed by atoms with Crippen molar-refractivity contribution >= 4 is 5.69 Å². The highest BCUT2D eigenvalue weighted by molar-refractivity contribution is 5.72. The molecular formula is C11H8N2O3. The summed E-state index contributed by atoms with van der Waals surface area (Å²) < 4.78 is 0. The fourth-order valence-corrected chi connectivity index (χ4v) is 1.41. The first-order valence-corrected chi connectivity index (χ1v) is 4.58. The lowest BCUT2D eigenvalue weighted by Crippen LogP contribution is -1.90. The third-order valence-electron chi connectivity index (χ3n) is 2.15. The van der Waals surface area contributed by atoms with Gasteiger partial charge >= 0.3 is 5.69 Å². The SMILES string of the molecule is O=[N+]([O-])c1cccc(-c2ccccn2)c1O. The number of pyridine rings is 1. The van der Waals surface area contributed by atoms with Gasteiger partial charge in [-0.2, -0.15) is 0 Å². The number of nitro benzene ring substituents is 1. The molecule has 0 saturated carbocycles. The molecule has 2 aromatic rings. The number of hydrogen-bond acceptors (Lipinski definition) is 4. The Kier molecular flexibility index (Phi) is 2.51. The summed E-state index contributed by atoms with van der Waals surface area (Å²) in [5, 5.41) is 20.4. The lowest BCUT2D eigenvalue weighted by Gasteiger charge is -2.03. The van der Waals surface area contributed by atoms with Crippen LogP contribution in [0.5, 0.6) is 5.75 Å². The van der Waals surface area contributed by atoms with Gasteiger partial charge in [-0.3, -0.25) is 15.1 Å². The van der Waals surface area contributed by atoms with Crippen molar-refractivity contribution in [2.24, 2.45) is 0 Å². The number of hydrogen-bond donors (Lipinski definition) is 1. The number of nitro groups is 1. The molecule has 2 rings (SSSR count). The number of phenolic OH excluding ortho intramolecular Hbond substituents is 1. The van der Waals surface area contributed by atoms with Gasteiger partial charge in [0.05, 0.1) is 10.6 Å². The molecule has 1 N–H and O–H groups in total. The molecule has 1 aromatic heterocycles. The van der Waals surface area contributed by atoms with Crippen LogP contribution in [0.2, 0.25) is 0 Å². The molecule has 0 radical (unpaired) electrons. The Morgan fingerprint density at radius 3 is 2.62 bits per heavy atom. The third kappa shape index (κ3) is 1.70. The smallest absolute Gasteiger partial charge is 0.311 e. The van der Waals surface area contributed by atoms with E-state index in [-0.39, 0.29) is 11.4 Å². The number of aromatic nitrogens is 1. The van der Waals surface area contributed by atoms with E-state index in [1.807, 2.05) is 0 Å². The lowest BCUT2D eigenvalue weighted by molar-refractivity contribution is -0.385. The number of phenols is 1. The molecule has 0 atom stereocenters. The van der Waals surface area contributed by atoms with Crippen LogP contribution in [0.4, 0.5) is 5.69 Å².